The molecule has 0 aromatic carbocycles. The summed E-state index contributed by atoms with van der Waals surface area (Å²) in [5, 5.41) is 15.0. The van der Waals surface area contributed by atoms with Crippen molar-refractivity contribution in [3.8, 4) is 0 Å². The lowest BCUT2D eigenvalue weighted by molar-refractivity contribution is 0.101. The summed E-state index contributed by atoms with van der Waals surface area (Å²) >= 11 is 1.39. The highest BCUT2D eigenvalue weighted by Gasteiger charge is 2.14. The molecular weight excluding hydrogens is 274 g/mol. The highest BCUT2D eigenvalue weighted by Crippen LogP contribution is 2.14. The number of fused-ring (bicyclic) bond motifs is 1. The SMILES string of the molecule is CCC(CC)C(O)CNCc1nc2ccsc2c(=O)[nH]1. The van der Waals surface area contributed by atoms with E-state index in [9.17, 15) is 9.90 Å². The van der Waals surface area contributed by atoms with Gasteiger partial charge in [-0.25, -0.2) is 4.98 Å². The molecule has 0 bridgehead atoms. The molecule has 2 aromatic rings. The normalized spacial score (nSPS) is 13.2. The van der Waals surface area contributed by atoms with E-state index in [2.05, 4.69) is 29.1 Å². The van der Waals surface area contributed by atoms with Crippen LogP contribution in [0, 0.1) is 5.92 Å². The lowest BCUT2D eigenvalue weighted by Crippen LogP contribution is -2.33. The smallest absolute Gasteiger partial charge is 0.268 e. The zero-order chi connectivity index (χ0) is 14.5. The number of hydrogen-bond donors (Lipinski definition) is 3. The molecule has 0 spiro atoms. The number of rotatable bonds is 7. The molecule has 1 atom stereocenters. The highest BCUT2D eigenvalue weighted by atomic mass is 32.1. The third-order valence-corrected chi connectivity index (χ3v) is 4.51. The van der Waals surface area contributed by atoms with Crippen LogP contribution in [0.5, 0.6) is 0 Å². The maximum absolute atomic E-state index is 11.8. The summed E-state index contributed by atoms with van der Waals surface area (Å²) in [6, 6.07) is 1.85. The molecule has 0 saturated carbocycles. The van der Waals surface area contributed by atoms with Crippen LogP contribution >= 0.6 is 11.3 Å². The maximum Gasteiger partial charge on any atom is 0.268 e. The molecule has 3 N–H and O–H groups in total. The Morgan fingerprint density at radius 3 is 2.90 bits per heavy atom. The summed E-state index contributed by atoms with van der Waals surface area (Å²) in [5.74, 6) is 0.923. The summed E-state index contributed by atoms with van der Waals surface area (Å²) in [6.45, 7) is 5.14. The van der Waals surface area contributed by atoms with E-state index in [0.29, 0.717) is 29.5 Å². The van der Waals surface area contributed by atoms with E-state index in [1.807, 2.05) is 11.4 Å². The van der Waals surface area contributed by atoms with E-state index in [1.54, 1.807) is 0 Å². The van der Waals surface area contributed by atoms with Crippen molar-refractivity contribution in [3.05, 3.63) is 27.6 Å². The van der Waals surface area contributed by atoms with Crippen LogP contribution in [-0.4, -0.2) is 27.7 Å². The van der Waals surface area contributed by atoms with Crippen molar-refractivity contribution in [1.29, 1.82) is 0 Å². The number of hydrogen-bond acceptors (Lipinski definition) is 5. The number of thiophene rings is 1. The third-order valence-electron chi connectivity index (χ3n) is 3.60. The molecule has 6 heteroatoms. The summed E-state index contributed by atoms with van der Waals surface area (Å²) in [6.07, 6.45) is 1.58. The van der Waals surface area contributed by atoms with Crippen LogP contribution in [0.3, 0.4) is 0 Å². The van der Waals surface area contributed by atoms with Gasteiger partial charge in [-0.3, -0.25) is 4.79 Å². The Hall–Kier alpha value is -1.24. The highest BCUT2D eigenvalue weighted by molar-refractivity contribution is 7.17. The Morgan fingerprint density at radius 2 is 2.20 bits per heavy atom. The van der Waals surface area contributed by atoms with E-state index in [4.69, 9.17) is 0 Å². The van der Waals surface area contributed by atoms with E-state index >= 15 is 0 Å². The predicted molar refractivity (Wildman–Crippen MR) is 82.0 cm³/mol. The fourth-order valence-corrected chi connectivity index (χ4v) is 3.07. The van der Waals surface area contributed by atoms with Crippen LogP contribution in [0.15, 0.2) is 16.2 Å². The average Bonchev–Trinajstić information content (AvgIpc) is 2.89. The topological polar surface area (TPSA) is 78.0 Å². The molecule has 0 amide bonds. The molecule has 0 aliphatic rings. The van der Waals surface area contributed by atoms with Gasteiger partial charge in [-0.2, -0.15) is 0 Å². The van der Waals surface area contributed by atoms with Crippen LogP contribution < -0.4 is 10.9 Å². The van der Waals surface area contributed by atoms with E-state index in [-0.39, 0.29) is 11.7 Å². The molecule has 0 radical (unpaired) electrons. The predicted octanol–water partition coefficient (Wildman–Crippen LogP) is 1.87. The molecule has 2 aromatic heterocycles. The molecular formula is C14H21N3O2S. The second-order valence-electron chi connectivity index (χ2n) is 4.92. The Balaban J connectivity index is 1.94. The van der Waals surface area contributed by atoms with Crippen LogP contribution in [0.25, 0.3) is 10.2 Å². The second-order valence-corrected chi connectivity index (χ2v) is 5.84. The van der Waals surface area contributed by atoms with Crippen molar-refractivity contribution in [2.75, 3.05) is 6.54 Å². The van der Waals surface area contributed by atoms with Crippen molar-refractivity contribution in [2.45, 2.75) is 39.3 Å². The number of aromatic nitrogens is 2. The van der Waals surface area contributed by atoms with Gasteiger partial charge in [0, 0.05) is 6.54 Å². The van der Waals surface area contributed by atoms with E-state index in [1.165, 1.54) is 11.3 Å². The Bertz CT molecular complexity index is 604. The quantitative estimate of drug-likeness (QED) is 0.728. The van der Waals surface area contributed by atoms with Crippen LogP contribution in [-0.2, 0) is 6.54 Å². The summed E-state index contributed by atoms with van der Waals surface area (Å²) in [4.78, 5) is 19.0. The molecule has 0 aliphatic heterocycles. The van der Waals surface area contributed by atoms with Crippen LogP contribution in [0.4, 0.5) is 0 Å². The molecule has 2 rings (SSSR count). The molecule has 1 unspecified atom stereocenters. The van der Waals surface area contributed by atoms with Gasteiger partial charge in [0.1, 0.15) is 10.5 Å². The minimum atomic E-state index is -0.360. The van der Waals surface area contributed by atoms with E-state index < -0.39 is 0 Å². The second kappa shape index (κ2) is 6.97. The largest absolute Gasteiger partial charge is 0.392 e. The Labute approximate surface area is 122 Å². The lowest BCUT2D eigenvalue weighted by atomic mass is 9.97. The molecule has 0 saturated heterocycles. The minimum absolute atomic E-state index is 0.0951. The van der Waals surface area contributed by atoms with E-state index in [0.717, 1.165) is 18.4 Å². The number of aliphatic hydroxyl groups is 1. The molecule has 5 nitrogen and oxygen atoms in total. The first-order chi connectivity index (χ1) is 9.65. The van der Waals surface area contributed by atoms with Crippen LogP contribution in [0.2, 0.25) is 0 Å². The summed E-state index contributed by atoms with van der Waals surface area (Å²) < 4.78 is 0.658. The van der Waals surface area contributed by atoms with Gasteiger partial charge in [-0.05, 0) is 17.4 Å². The molecule has 110 valence electrons. The van der Waals surface area contributed by atoms with Crippen molar-refractivity contribution >= 4 is 21.6 Å². The van der Waals surface area contributed by atoms with Gasteiger partial charge < -0.3 is 15.4 Å². The Morgan fingerprint density at radius 1 is 1.45 bits per heavy atom. The lowest BCUT2D eigenvalue weighted by Gasteiger charge is -2.20. The number of aromatic amines is 1. The average molecular weight is 295 g/mol. The molecule has 0 fully saturated rings. The first kappa shape index (κ1) is 15.2. The fourth-order valence-electron chi connectivity index (χ4n) is 2.34. The van der Waals surface area contributed by atoms with Gasteiger partial charge >= 0.3 is 0 Å². The number of H-pyrrole nitrogens is 1. The zero-order valence-corrected chi connectivity index (χ0v) is 12.7. The Kier molecular flexibility index (Phi) is 5.28. The number of nitrogens with one attached hydrogen (secondary N) is 2. The van der Waals surface area contributed by atoms with Gasteiger partial charge in [-0.15, -0.1) is 11.3 Å². The summed E-state index contributed by atoms with van der Waals surface area (Å²) in [7, 11) is 0. The van der Waals surface area contributed by atoms with Gasteiger partial charge in [0.05, 0.1) is 18.2 Å². The maximum atomic E-state index is 11.8. The molecule has 2 heterocycles. The van der Waals surface area contributed by atoms with Gasteiger partial charge in [0.2, 0.25) is 0 Å². The minimum Gasteiger partial charge on any atom is -0.392 e. The third kappa shape index (κ3) is 3.45. The van der Waals surface area contributed by atoms with Gasteiger partial charge in [-0.1, -0.05) is 26.7 Å². The van der Waals surface area contributed by atoms with Gasteiger partial charge in [0.25, 0.3) is 5.56 Å². The first-order valence-electron chi connectivity index (χ1n) is 7.00. The number of nitrogens with zero attached hydrogens (tertiary/aromatic N) is 1. The van der Waals surface area contributed by atoms with Crippen molar-refractivity contribution in [2.24, 2.45) is 5.92 Å². The van der Waals surface area contributed by atoms with Gasteiger partial charge in [0.15, 0.2) is 0 Å². The monoisotopic (exact) mass is 295 g/mol. The standard InChI is InChI=1S/C14H21N3O2S/c1-3-9(4-2)11(18)7-15-8-12-16-10-5-6-20-13(10)14(19)17-12/h5-6,9,11,15,18H,3-4,7-8H2,1-2H3,(H,16,17,19). The summed E-state index contributed by atoms with van der Waals surface area (Å²) in [5.41, 5.74) is 0.637. The van der Waals surface area contributed by atoms with Crippen molar-refractivity contribution in [1.82, 2.24) is 15.3 Å². The number of aliphatic hydroxyl groups excluding tert-OH is 1. The molecule has 0 aliphatic carbocycles. The van der Waals surface area contributed by atoms with Crippen molar-refractivity contribution in [3.63, 3.8) is 0 Å². The fraction of sp³-hybridized carbons (Fsp3) is 0.571. The van der Waals surface area contributed by atoms with Crippen molar-refractivity contribution < 1.29 is 5.11 Å². The zero-order valence-electron chi connectivity index (χ0n) is 11.8. The van der Waals surface area contributed by atoms with Crippen LogP contribution in [0.1, 0.15) is 32.5 Å². The molecule has 20 heavy (non-hydrogen) atoms. The first-order valence-corrected chi connectivity index (χ1v) is 7.88.